The third-order valence-electron chi connectivity index (χ3n) is 3.75. The fourth-order valence-corrected chi connectivity index (χ4v) is 2.96. The summed E-state index contributed by atoms with van der Waals surface area (Å²) in [6, 6.07) is 8.99. The van der Waals surface area contributed by atoms with Crippen molar-refractivity contribution in [1.29, 1.82) is 0 Å². The number of hydrogen-bond donors (Lipinski definition) is 3. The van der Waals surface area contributed by atoms with Gasteiger partial charge in [-0.25, -0.2) is 0 Å². The van der Waals surface area contributed by atoms with E-state index in [1.54, 1.807) is 0 Å². The summed E-state index contributed by atoms with van der Waals surface area (Å²) in [5.41, 5.74) is 2.57. The molecule has 1 aliphatic carbocycles. The molecule has 3 N–H and O–H groups in total. The van der Waals surface area contributed by atoms with Gasteiger partial charge >= 0.3 is 0 Å². The smallest absolute Gasteiger partial charge is 0.0671 e. The van der Waals surface area contributed by atoms with Gasteiger partial charge in [-0.2, -0.15) is 0 Å². The topological polar surface area (TPSA) is 39.9 Å². The van der Waals surface area contributed by atoms with Crippen LogP contribution in [0.15, 0.2) is 24.3 Å². The van der Waals surface area contributed by atoms with Crippen molar-refractivity contribution in [3.63, 3.8) is 0 Å². The average molecular weight is 225 g/mol. The Hall–Kier alpha value is -1.74. The fraction of sp³-hybridized carbons (Fsp3) is 0.286. The van der Waals surface area contributed by atoms with E-state index in [9.17, 15) is 0 Å². The van der Waals surface area contributed by atoms with Gasteiger partial charge in [0, 0.05) is 29.2 Å². The molecule has 0 bridgehead atoms. The van der Waals surface area contributed by atoms with E-state index in [4.69, 9.17) is 0 Å². The van der Waals surface area contributed by atoms with Gasteiger partial charge < -0.3 is 15.6 Å². The van der Waals surface area contributed by atoms with E-state index < -0.39 is 0 Å². The lowest BCUT2D eigenvalue weighted by atomic mass is 10.0. The Morgan fingerprint density at radius 3 is 3.06 bits per heavy atom. The molecule has 0 spiro atoms. The Bertz CT molecular complexity index is 696. The first kappa shape index (κ1) is 9.31. The van der Waals surface area contributed by atoms with Crippen LogP contribution in [0, 0.1) is 0 Å². The number of benzene rings is 1. The van der Waals surface area contributed by atoms with Gasteiger partial charge in [0.2, 0.25) is 0 Å². The van der Waals surface area contributed by atoms with Crippen LogP contribution in [0.25, 0.3) is 22.7 Å². The lowest BCUT2D eigenvalue weighted by Gasteiger charge is -2.28. The predicted molar refractivity (Wildman–Crippen MR) is 69.8 cm³/mol. The third-order valence-corrected chi connectivity index (χ3v) is 3.75. The first-order valence-corrected chi connectivity index (χ1v) is 6.22. The number of rotatable bonds is 0. The second-order valence-corrected chi connectivity index (χ2v) is 4.75. The van der Waals surface area contributed by atoms with E-state index >= 15 is 0 Å². The van der Waals surface area contributed by atoms with E-state index in [1.165, 1.54) is 27.2 Å². The summed E-state index contributed by atoms with van der Waals surface area (Å²) in [6.07, 6.45) is 3.43. The van der Waals surface area contributed by atoms with Crippen molar-refractivity contribution in [2.45, 2.75) is 12.5 Å². The summed E-state index contributed by atoms with van der Waals surface area (Å²) in [4.78, 5) is 3.54. The molecule has 3 heteroatoms. The van der Waals surface area contributed by atoms with Gasteiger partial charge in [0.15, 0.2) is 0 Å². The minimum Gasteiger partial charge on any atom is -0.384 e. The molecule has 86 valence electrons. The van der Waals surface area contributed by atoms with Crippen LogP contribution in [-0.2, 0) is 0 Å². The normalized spacial score (nSPS) is 22.6. The molecule has 2 aliphatic rings. The summed E-state index contributed by atoms with van der Waals surface area (Å²) in [6.45, 7) is 2.07. The molecule has 17 heavy (non-hydrogen) atoms. The fourth-order valence-electron chi connectivity index (χ4n) is 2.96. The van der Waals surface area contributed by atoms with Crippen molar-refractivity contribution in [2.75, 3.05) is 13.1 Å². The van der Waals surface area contributed by atoms with Gasteiger partial charge in [-0.3, -0.25) is 0 Å². The van der Waals surface area contributed by atoms with Crippen LogP contribution in [-0.4, -0.2) is 24.1 Å². The number of nitrogens with one attached hydrogen (secondary N) is 3. The van der Waals surface area contributed by atoms with Crippen molar-refractivity contribution >= 4 is 22.7 Å². The number of aromatic amines is 1. The van der Waals surface area contributed by atoms with Crippen LogP contribution >= 0.6 is 0 Å². The molecule has 4 rings (SSSR count). The Kier molecular flexibility index (Phi) is 1.85. The van der Waals surface area contributed by atoms with Crippen molar-refractivity contribution in [3.05, 3.63) is 34.8 Å². The zero-order valence-corrected chi connectivity index (χ0v) is 9.59. The second kappa shape index (κ2) is 3.37. The predicted octanol–water partition coefficient (Wildman–Crippen LogP) is 0.0217. The number of para-hydroxylation sites is 1. The molecule has 1 aromatic heterocycles. The summed E-state index contributed by atoms with van der Waals surface area (Å²) < 4.78 is 0. The van der Waals surface area contributed by atoms with Crippen LogP contribution < -0.4 is 21.2 Å². The lowest BCUT2D eigenvalue weighted by Crippen LogP contribution is -2.52. The number of hydrogen-bond acceptors (Lipinski definition) is 2. The van der Waals surface area contributed by atoms with Gasteiger partial charge in [0.1, 0.15) is 0 Å². The molecule has 1 unspecified atom stereocenters. The zero-order valence-electron chi connectivity index (χ0n) is 9.59. The molecule has 1 atom stereocenters. The van der Waals surface area contributed by atoms with Crippen molar-refractivity contribution in [2.24, 2.45) is 0 Å². The van der Waals surface area contributed by atoms with Crippen LogP contribution in [0.3, 0.4) is 0 Å². The Morgan fingerprint density at radius 2 is 2.06 bits per heavy atom. The average Bonchev–Trinajstić information content (AvgIpc) is 2.78. The molecule has 1 fully saturated rings. The molecule has 1 aliphatic heterocycles. The molecular weight excluding hydrogens is 210 g/mol. The number of fused-ring (bicyclic) bond motifs is 4. The van der Waals surface area contributed by atoms with E-state index in [0.29, 0.717) is 6.04 Å². The maximum Gasteiger partial charge on any atom is 0.0671 e. The third kappa shape index (κ3) is 1.26. The van der Waals surface area contributed by atoms with Gasteiger partial charge in [0.05, 0.1) is 17.1 Å². The van der Waals surface area contributed by atoms with Crippen molar-refractivity contribution in [3.8, 4) is 0 Å². The monoisotopic (exact) mass is 225 g/mol. The number of piperazine rings is 1. The van der Waals surface area contributed by atoms with Crippen LogP contribution in [0.4, 0.5) is 0 Å². The van der Waals surface area contributed by atoms with Crippen LogP contribution in [0.5, 0.6) is 0 Å². The van der Waals surface area contributed by atoms with Crippen LogP contribution in [0.2, 0.25) is 0 Å². The Labute approximate surface area is 99.2 Å². The Morgan fingerprint density at radius 1 is 1.12 bits per heavy atom. The maximum atomic E-state index is 3.56. The van der Waals surface area contributed by atoms with Crippen LogP contribution in [0.1, 0.15) is 6.42 Å². The molecule has 3 nitrogen and oxygen atoms in total. The van der Waals surface area contributed by atoms with E-state index in [2.05, 4.69) is 46.0 Å². The largest absolute Gasteiger partial charge is 0.384 e. The molecule has 1 aromatic carbocycles. The summed E-state index contributed by atoms with van der Waals surface area (Å²) >= 11 is 0. The number of H-pyrrole nitrogens is 1. The minimum atomic E-state index is 0.462. The van der Waals surface area contributed by atoms with Crippen molar-refractivity contribution < 1.29 is 0 Å². The highest BCUT2D eigenvalue weighted by Crippen LogP contribution is 2.12. The molecule has 2 heterocycles. The molecule has 0 amide bonds. The molecule has 2 aromatic rings. The van der Waals surface area contributed by atoms with Gasteiger partial charge in [-0.1, -0.05) is 24.3 Å². The molecule has 0 saturated carbocycles. The standard InChI is InChI=1S/C14H15N3/c1-2-4-11-9(3-1)10-5-6-12-14(13(10)17-11)16-8-7-15-12/h1-5,12,15-17H,6-8H2. The highest BCUT2D eigenvalue weighted by molar-refractivity contribution is 5.82. The summed E-state index contributed by atoms with van der Waals surface area (Å²) in [7, 11) is 0. The van der Waals surface area contributed by atoms with E-state index in [0.717, 1.165) is 19.5 Å². The second-order valence-electron chi connectivity index (χ2n) is 4.75. The van der Waals surface area contributed by atoms with Gasteiger partial charge in [-0.05, 0) is 12.5 Å². The van der Waals surface area contributed by atoms with Gasteiger partial charge in [0.25, 0.3) is 0 Å². The molecule has 0 radical (unpaired) electrons. The van der Waals surface area contributed by atoms with Crippen molar-refractivity contribution in [1.82, 2.24) is 15.6 Å². The lowest BCUT2D eigenvalue weighted by molar-refractivity contribution is 0.534. The van der Waals surface area contributed by atoms with E-state index in [1.807, 2.05) is 0 Å². The SMILES string of the molecule is C1=c2c([nH]c3ccccc23)=C2NCCNC2C1. The first-order chi connectivity index (χ1) is 8.43. The summed E-state index contributed by atoms with van der Waals surface area (Å²) in [5.74, 6) is 0. The zero-order chi connectivity index (χ0) is 11.2. The molecule has 1 saturated heterocycles. The Balaban J connectivity index is 2.13. The molecular formula is C14H15N3. The number of aromatic nitrogens is 1. The highest BCUT2D eigenvalue weighted by Gasteiger charge is 2.21. The highest BCUT2D eigenvalue weighted by atomic mass is 15.1. The first-order valence-electron chi connectivity index (χ1n) is 6.22. The summed E-state index contributed by atoms with van der Waals surface area (Å²) in [5, 5.41) is 11.1. The van der Waals surface area contributed by atoms with E-state index in [-0.39, 0.29) is 0 Å². The quantitative estimate of drug-likeness (QED) is 0.591. The van der Waals surface area contributed by atoms with Gasteiger partial charge in [-0.15, -0.1) is 0 Å². The minimum absolute atomic E-state index is 0.462. The maximum absolute atomic E-state index is 3.56.